The molecule has 0 amide bonds. The Morgan fingerprint density at radius 1 is 0.774 bits per heavy atom. The van der Waals surface area contributed by atoms with Crippen LogP contribution in [0.15, 0.2) is 36.4 Å². The van der Waals surface area contributed by atoms with Crippen molar-refractivity contribution in [3.63, 3.8) is 0 Å². The highest BCUT2D eigenvalue weighted by molar-refractivity contribution is 7.73. The van der Waals surface area contributed by atoms with Crippen molar-refractivity contribution >= 4 is 24.0 Å². The summed E-state index contributed by atoms with van der Waals surface area (Å²) >= 11 is 6.94. The molecule has 3 nitrogen and oxygen atoms in total. The summed E-state index contributed by atoms with van der Waals surface area (Å²) in [6.45, 7) is 0. The first-order valence-electron chi connectivity index (χ1n) is 11.7. The van der Waals surface area contributed by atoms with Gasteiger partial charge in [0.2, 0.25) is 0 Å². The van der Waals surface area contributed by atoms with Crippen LogP contribution in [0, 0.1) is 0 Å². The van der Waals surface area contributed by atoms with Crippen molar-refractivity contribution in [2.45, 2.75) is 75.5 Å². The molecule has 2 aromatic rings. The van der Waals surface area contributed by atoms with Gasteiger partial charge in [-0.05, 0) is 43.9 Å². The summed E-state index contributed by atoms with van der Waals surface area (Å²) < 4.78 is 26.8. The average molecular weight is 461 g/mol. The molecular formula is C26H34ClO3P. The Morgan fingerprint density at radius 2 is 1.26 bits per heavy atom. The molecule has 0 unspecified atom stereocenters. The molecule has 2 aromatic carbocycles. The van der Waals surface area contributed by atoms with Crippen molar-refractivity contribution in [2.75, 3.05) is 14.2 Å². The SMILES string of the molecule is COc1cccc(OC)c1-c1cccc(Cl)c1P(=O)(C1CCCCC1)C1CCCCC1. The van der Waals surface area contributed by atoms with Crippen LogP contribution in [0.4, 0.5) is 0 Å². The lowest BCUT2D eigenvalue weighted by molar-refractivity contribution is 0.397. The third kappa shape index (κ3) is 4.29. The normalized spacial score (nSPS) is 18.7. The van der Waals surface area contributed by atoms with Gasteiger partial charge in [0.05, 0.1) is 24.8 Å². The first kappa shape index (κ1) is 22.7. The van der Waals surface area contributed by atoms with Crippen molar-refractivity contribution in [3.8, 4) is 22.6 Å². The topological polar surface area (TPSA) is 35.5 Å². The third-order valence-electron chi connectivity index (χ3n) is 7.27. The van der Waals surface area contributed by atoms with Crippen molar-refractivity contribution in [1.82, 2.24) is 0 Å². The van der Waals surface area contributed by atoms with Gasteiger partial charge in [0, 0.05) is 22.2 Å². The summed E-state index contributed by atoms with van der Waals surface area (Å²) in [6.07, 6.45) is 11.3. The van der Waals surface area contributed by atoms with Crippen molar-refractivity contribution in [3.05, 3.63) is 41.4 Å². The van der Waals surface area contributed by atoms with Crippen LogP contribution in [0.5, 0.6) is 11.5 Å². The predicted molar refractivity (Wildman–Crippen MR) is 131 cm³/mol. The van der Waals surface area contributed by atoms with E-state index < -0.39 is 7.14 Å². The van der Waals surface area contributed by atoms with Crippen LogP contribution in [-0.4, -0.2) is 25.5 Å². The summed E-state index contributed by atoms with van der Waals surface area (Å²) in [7, 11) is 0.575. The van der Waals surface area contributed by atoms with E-state index in [9.17, 15) is 0 Å². The van der Waals surface area contributed by atoms with Gasteiger partial charge < -0.3 is 14.0 Å². The highest BCUT2D eigenvalue weighted by Crippen LogP contribution is 2.64. The summed E-state index contributed by atoms with van der Waals surface area (Å²) in [5.74, 6) is 1.45. The van der Waals surface area contributed by atoms with Gasteiger partial charge in [-0.2, -0.15) is 0 Å². The first-order chi connectivity index (χ1) is 15.1. The van der Waals surface area contributed by atoms with E-state index in [4.69, 9.17) is 21.1 Å². The zero-order valence-corrected chi connectivity index (χ0v) is 20.4. The third-order valence-corrected chi connectivity index (χ3v) is 12.1. The van der Waals surface area contributed by atoms with Crippen molar-refractivity contribution in [1.29, 1.82) is 0 Å². The lowest BCUT2D eigenvalue weighted by Crippen LogP contribution is -2.31. The minimum atomic E-state index is -2.77. The minimum absolute atomic E-state index is 0.226. The molecule has 0 aromatic heterocycles. The molecule has 168 valence electrons. The first-order valence-corrected chi connectivity index (χ1v) is 13.9. The maximum Gasteiger partial charge on any atom is 0.130 e. The van der Waals surface area contributed by atoms with Crippen LogP contribution in [-0.2, 0) is 4.57 Å². The maximum absolute atomic E-state index is 15.4. The van der Waals surface area contributed by atoms with Crippen LogP contribution < -0.4 is 14.8 Å². The number of hydrogen-bond donors (Lipinski definition) is 0. The zero-order valence-electron chi connectivity index (χ0n) is 18.7. The van der Waals surface area contributed by atoms with Crippen LogP contribution in [0.2, 0.25) is 5.02 Å². The van der Waals surface area contributed by atoms with E-state index >= 15 is 4.57 Å². The fourth-order valence-corrected chi connectivity index (χ4v) is 10.9. The fourth-order valence-electron chi connectivity index (χ4n) is 5.78. The second-order valence-corrected chi connectivity index (χ2v) is 12.7. The fraction of sp³-hybridized carbons (Fsp3) is 0.538. The van der Waals surface area contributed by atoms with E-state index in [-0.39, 0.29) is 11.3 Å². The van der Waals surface area contributed by atoms with E-state index in [0.29, 0.717) is 5.02 Å². The second-order valence-electron chi connectivity index (χ2n) is 8.97. The molecular weight excluding hydrogens is 427 g/mol. The average Bonchev–Trinajstić information content (AvgIpc) is 2.84. The lowest BCUT2D eigenvalue weighted by atomic mass is 9.99. The molecule has 0 N–H and O–H groups in total. The Bertz CT molecular complexity index is 901. The molecule has 0 spiro atoms. The van der Waals surface area contributed by atoms with Crippen LogP contribution >= 0.6 is 18.7 Å². The highest BCUT2D eigenvalue weighted by Gasteiger charge is 2.45. The summed E-state index contributed by atoms with van der Waals surface area (Å²) in [5, 5.41) is 1.50. The van der Waals surface area contributed by atoms with Gasteiger partial charge in [-0.15, -0.1) is 0 Å². The van der Waals surface area contributed by atoms with E-state index in [1.54, 1.807) is 14.2 Å². The van der Waals surface area contributed by atoms with Crippen LogP contribution in [0.25, 0.3) is 11.1 Å². The maximum atomic E-state index is 15.4. The number of hydrogen-bond acceptors (Lipinski definition) is 3. The molecule has 2 fully saturated rings. The van der Waals surface area contributed by atoms with Crippen molar-refractivity contribution < 1.29 is 14.0 Å². The van der Waals surface area contributed by atoms with E-state index in [2.05, 4.69) is 6.07 Å². The number of benzene rings is 2. The molecule has 0 heterocycles. The Morgan fingerprint density at radius 3 is 1.74 bits per heavy atom. The monoisotopic (exact) mass is 460 g/mol. The quantitative estimate of drug-likeness (QED) is 0.414. The number of ether oxygens (including phenoxy) is 2. The summed E-state index contributed by atoms with van der Waals surface area (Å²) in [4.78, 5) is 0. The molecule has 0 atom stereocenters. The molecule has 31 heavy (non-hydrogen) atoms. The highest BCUT2D eigenvalue weighted by atomic mass is 35.5. The standard InChI is InChI=1S/C26H34ClO3P/c1-29-23-17-10-18-24(30-2)25(23)21-15-9-16-22(27)26(21)31(28,19-11-5-3-6-12-19)20-13-7-4-8-14-20/h9-10,15-20H,3-8,11-14H2,1-2H3. The van der Waals surface area contributed by atoms with Gasteiger partial charge >= 0.3 is 0 Å². The molecule has 0 aliphatic heterocycles. The van der Waals surface area contributed by atoms with E-state index in [1.165, 1.54) is 38.5 Å². The number of rotatable bonds is 6. The molecule has 4 rings (SSSR count). The molecule has 2 saturated carbocycles. The number of methoxy groups -OCH3 is 2. The Labute approximate surface area is 191 Å². The largest absolute Gasteiger partial charge is 0.496 e. The Kier molecular flexibility index (Phi) is 7.34. The molecule has 0 bridgehead atoms. The molecule has 2 aliphatic carbocycles. The second kappa shape index (κ2) is 10.0. The smallest absolute Gasteiger partial charge is 0.130 e. The lowest BCUT2D eigenvalue weighted by Gasteiger charge is -2.40. The molecule has 2 aliphatic rings. The van der Waals surface area contributed by atoms with Crippen LogP contribution in [0.1, 0.15) is 64.2 Å². The summed E-state index contributed by atoms with van der Waals surface area (Å²) in [6, 6.07) is 11.7. The van der Waals surface area contributed by atoms with Crippen LogP contribution in [0.3, 0.4) is 0 Å². The van der Waals surface area contributed by atoms with Gasteiger partial charge in [-0.3, -0.25) is 0 Å². The molecule has 5 heteroatoms. The molecule has 0 radical (unpaired) electrons. The van der Waals surface area contributed by atoms with Gasteiger partial charge in [0.25, 0.3) is 0 Å². The Balaban J connectivity index is 1.97. The number of halogens is 1. The zero-order chi connectivity index (χ0) is 21.8. The van der Waals surface area contributed by atoms with E-state index in [0.717, 1.165) is 53.6 Å². The Hall–Kier alpha value is -1.44. The minimum Gasteiger partial charge on any atom is -0.496 e. The van der Waals surface area contributed by atoms with Crippen molar-refractivity contribution in [2.24, 2.45) is 0 Å². The van der Waals surface area contributed by atoms with Gasteiger partial charge in [0.1, 0.15) is 18.6 Å². The van der Waals surface area contributed by atoms with Gasteiger partial charge in [-0.1, -0.05) is 68.3 Å². The van der Waals surface area contributed by atoms with E-state index in [1.807, 2.05) is 30.3 Å². The summed E-state index contributed by atoms with van der Waals surface area (Å²) in [5.41, 5.74) is 2.23. The van der Waals surface area contributed by atoms with Gasteiger partial charge in [0.15, 0.2) is 0 Å². The molecule has 0 saturated heterocycles. The van der Waals surface area contributed by atoms with Gasteiger partial charge in [-0.25, -0.2) is 0 Å². The predicted octanol–water partition coefficient (Wildman–Crippen LogP) is 7.68.